The van der Waals surface area contributed by atoms with E-state index in [1.807, 2.05) is 30.1 Å². The van der Waals surface area contributed by atoms with Crippen molar-refractivity contribution in [1.29, 1.82) is 0 Å². The van der Waals surface area contributed by atoms with Gasteiger partial charge in [-0.25, -0.2) is 0 Å². The van der Waals surface area contributed by atoms with Crippen molar-refractivity contribution in [3.05, 3.63) is 35.7 Å². The van der Waals surface area contributed by atoms with E-state index in [1.165, 1.54) is 5.56 Å². The van der Waals surface area contributed by atoms with Gasteiger partial charge >= 0.3 is 6.01 Å². The molecule has 2 rings (SSSR count). The van der Waals surface area contributed by atoms with Gasteiger partial charge in [0.05, 0.1) is 6.54 Å². The van der Waals surface area contributed by atoms with Crippen LogP contribution in [0.4, 0.5) is 6.01 Å². The van der Waals surface area contributed by atoms with E-state index >= 15 is 0 Å². The highest BCUT2D eigenvalue weighted by Gasteiger charge is 2.11. The Kier molecular flexibility index (Phi) is 6.87. The first-order chi connectivity index (χ1) is 11.2. The second kappa shape index (κ2) is 9.15. The van der Waals surface area contributed by atoms with Crippen LogP contribution < -0.4 is 15.4 Å². The number of hydrogen-bond acceptors (Lipinski definition) is 6. The number of unbranched alkanes of at least 4 members (excludes halogenated alkanes) is 1. The third-order valence-corrected chi connectivity index (χ3v) is 3.67. The number of ether oxygens (including phenoxy) is 1. The van der Waals surface area contributed by atoms with Gasteiger partial charge in [-0.2, -0.15) is 0 Å². The minimum Gasteiger partial charge on any atom is -0.491 e. The summed E-state index contributed by atoms with van der Waals surface area (Å²) in [6, 6.07) is 8.64. The lowest BCUT2D eigenvalue weighted by molar-refractivity contribution is 0.319. The van der Waals surface area contributed by atoms with Gasteiger partial charge in [-0.05, 0) is 37.4 Å². The number of hydrogen-bond donors (Lipinski definition) is 1. The molecule has 0 aliphatic heterocycles. The number of nitrogens with zero attached hydrogens (tertiary/aromatic N) is 3. The first-order valence-electron chi connectivity index (χ1n) is 8.19. The topological polar surface area (TPSA) is 77.4 Å². The Balaban J connectivity index is 1.79. The van der Waals surface area contributed by atoms with Gasteiger partial charge in [0.25, 0.3) is 0 Å². The van der Waals surface area contributed by atoms with Gasteiger partial charge in [0, 0.05) is 13.5 Å². The van der Waals surface area contributed by atoms with Crippen LogP contribution in [-0.2, 0) is 12.8 Å². The van der Waals surface area contributed by atoms with Crippen molar-refractivity contribution in [1.82, 2.24) is 10.2 Å². The minimum atomic E-state index is 0.528. The van der Waals surface area contributed by atoms with E-state index in [2.05, 4.69) is 23.2 Å². The molecule has 0 aliphatic rings. The van der Waals surface area contributed by atoms with Crippen LogP contribution in [0.1, 0.15) is 31.2 Å². The molecule has 1 aromatic heterocycles. The molecule has 0 saturated carbocycles. The van der Waals surface area contributed by atoms with E-state index in [-0.39, 0.29) is 0 Å². The molecule has 0 atom stereocenters. The van der Waals surface area contributed by atoms with E-state index in [1.54, 1.807) is 0 Å². The Hall–Kier alpha value is -2.08. The second-order valence-electron chi connectivity index (χ2n) is 5.46. The molecule has 0 bridgehead atoms. The largest absolute Gasteiger partial charge is 0.491 e. The summed E-state index contributed by atoms with van der Waals surface area (Å²) >= 11 is 0. The zero-order chi connectivity index (χ0) is 16.5. The Labute approximate surface area is 137 Å². The van der Waals surface area contributed by atoms with Crippen molar-refractivity contribution < 1.29 is 9.15 Å². The maximum Gasteiger partial charge on any atom is 0.317 e. The lowest BCUT2D eigenvalue weighted by Crippen LogP contribution is -2.24. The summed E-state index contributed by atoms with van der Waals surface area (Å²) in [6.45, 7) is 4.07. The van der Waals surface area contributed by atoms with Gasteiger partial charge in [0.2, 0.25) is 5.89 Å². The first-order valence-corrected chi connectivity index (χ1v) is 8.19. The summed E-state index contributed by atoms with van der Waals surface area (Å²) in [5.41, 5.74) is 6.70. The number of rotatable bonds is 10. The number of likely N-dealkylation sites (N-methyl/N-ethyl adjacent to an activating group) is 1. The quantitative estimate of drug-likeness (QED) is 0.678. The summed E-state index contributed by atoms with van der Waals surface area (Å²) in [5.74, 6) is 1.61. The second-order valence-corrected chi connectivity index (χ2v) is 5.46. The highest BCUT2D eigenvalue weighted by Crippen LogP contribution is 2.18. The fraction of sp³-hybridized carbons (Fsp3) is 0.529. The molecule has 2 aromatic rings. The van der Waals surface area contributed by atoms with Crippen molar-refractivity contribution in [2.45, 2.75) is 32.6 Å². The third-order valence-electron chi connectivity index (χ3n) is 3.67. The monoisotopic (exact) mass is 318 g/mol. The smallest absolute Gasteiger partial charge is 0.317 e. The Morgan fingerprint density at radius 1 is 1.22 bits per heavy atom. The maximum atomic E-state index is 5.86. The molecular formula is C17H26N4O2. The molecule has 6 heteroatoms. The minimum absolute atomic E-state index is 0.528. The molecule has 23 heavy (non-hydrogen) atoms. The van der Waals surface area contributed by atoms with E-state index in [0.717, 1.165) is 31.4 Å². The SMILES string of the molecule is CCc1ccccc1OCCN(C)c1nnc(CCCCN)o1. The van der Waals surface area contributed by atoms with Crippen LogP contribution in [0.3, 0.4) is 0 Å². The van der Waals surface area contributed by atoms with Gasteiger partial charge in [0.15, 0.2) is 0 Å². The summed E-state index contributed by atoms with van der Waals surface area (Å²) < 4.78 is 11.5. The van der Waals surface area contributed by atoms with Crippen LogP contribution >= 0.6 is 0 Å². The molecule has 0 aliphatic carbocycles. The number of benzene rings is 1. The van der Waals surface area contributed by atoms with Crippen molar-refractivity contribution in [3.8, 4) is 5.75 Å². The van der Waals surface area contributed by atoms with Gasteiger partial charge in [-0.15, -0.1) is 5.10 Å². The number of nitrogens with two attached hydrogens (primary N) is 1. The fourth-order valence-corrected chi connectivity index (χ4v) is 2.25. The van der Waals surface area contributed by atoms with Crippen LogP contribution in [0, 0.1) is 0 Å². The van der Waals surface area contributed by atoms with E-state index in [9.17, 15) is 0 Å². The molecule has 0 saturated heterocycles. The number of anilines is 1. The molecule has 0 radical (unpaired) electrons. The standard InChI is InChI=1S/C17H26N4O2/c1-3-14-8-4-5-9-15(14)22-13-12-21(2)17-20-19-16(23-17)10-6-7-11-18/h4-5,8-9H,3,6-7,10-13,18H2,1-2H3. The summed E-state index contributed by atoms with van der Waals surface area (Å²) in [7, 11) is 1.92. The van der Waals surface area contributed by atoms with Crippen molar-refractivity contribution in [2.24, 2.45) is 5.73 Å². The molecule has 0 spiro atoms. The van der Waals surface area contributed by atoms with Crippen LogP contribution in [0.2, 0.25) is 0 Å². The average molecular weight is 318 g/mol. The molecule has 1 heterocycles. The maximum absolute atomic E-state index is 5.86. The first kappa shape index (κ1) is 17.3. The molecule has 6 nitrogen and oxygen atoms in total. The fourth-order valence-electron chi connectivity index (χ4n) is 2.25. The zero-order valence-electron chi connectivity index (χ0n) is 14.0. The highest BCUT2D eigenvalue weighted by atomic mass is 16.5. The highest BCUT2D eigenvalue weighted by molar-refractivity contribution is 5.33. The van der Waals surface area contributed by atoms with E-state index < -0.39 is 0 Å². The van der Waals surface area contributed by atoms with E-state index in [0.29, 0.717) is 31.6 Å². The van der Waals surface area contributed by atoms with Crippen LogP contribution in [0.25, 0.3) is 0 Å². The summed E-state index contributed by atoms with van der Waals surface area (Å²) in [5, 5.41) is 8.14. The van der Waals surface area contributed by atoms with Crippen LogP contribution in [0.5, 0.6) is 5.75 Å². The van der Waals surface area contributed by atoms with Gasteiger partial charge in [0.1, 0.15) is 12.4 Å². The molecule has 1 aromatic carbocycles. The van der Waals surface area contributed by atoms with Crippen LogP contribution in [-0.4, -0.2) is 36.9 Å². The number of para-hydroxylation sites is 1. The third kappa shape index (κ3) is 5.25. The molecule has 0 fully saturated rings. The van der Waals surface area contributed by atoms with Crippen molar-refractivity contribution in [3.63, 3.8) is 0 Å². The van der Waals surface area contributed by atoms with Gasteiger partial charge < -0.3 is 19.8 Å². The summed E-state index contributed by atoms with van der Waals surface area (Å²) in [6.07, 6.45) is 3.68. The predicted octanol–water partition coefficient (Wildman–Crippen LogP) is 2.43. The molecule has 0 amide bonds. The van der Waals surface area contributed by atoms with Crippen molar-refractivity contribution >= 4 is 6.01 Å². The predicted molar refractivity (Wildman–Crippen MR) is 90.9 cm³/mol. The lowest BCUT2D eigenvalue weighted by Gasteiger charge is -2.15. The molecule has 0 unspecified atom stereocenters. The lowest BCUT2D eigenvalue weighted by atomic mass is 10.1. The van der Waals surface area contributed by atoms with Gasteiger partial charge in [-0.3, -0.25) is 0 Å². The van der Waals surface area contributed by atoms with Gasteiger partial charge in [-0.1, -0.05) is 30.2 Å². The molecular weight excluding hydrogens is 292 g/mol. The van der Waals surface area contributed by atoms with E-state index in [4.69, 9.17) is 14.9 Å². The number of aryl methyl sites for hydroxylation is 2. The molecule has 2 N–H and O–H groups in total. The molecule has 126 valence electrons. The average Bonchev–Trinajstić information content (AvgIpc) is 3.04. The normalized spacial score (nSPS) is 10.7. The van der Waals surface area contributed by atoms with Crippen molar-refractivity contribution in [2.75, 3.05) is 31.6 Å². The Bertz CT molecular complexity index is 585. The number of aromatic nitrogens is 2. The zero-order valence-corrected chi connectivity index (χ0v) is 14.0. The Morgan fingerprint density at radius 3 is 2.83 bits per heavy atom. The van der Waals surface area contributed by atoms with Crippen LogP contribution in [0.15, 0.2) is 28.7 Å². The summed E-state index contributed by atoms with van der Waals surface area (Å²) in [4.78, 5) is 1.91. The Morgan fingerprint density at radius 2 is 2.04 bits per heavy atom.